The molecule has 0 saturated carbocycles. The summed E-state index contributed by atoms with van der Waals surface area (Å²) in [6, 6.07) is 7.45. The first-order valence-corrected chi connectivity index (χ1v) is 15.8. The fourth-order valence-electron chi connectivity index (χ4n) is 5.53. The van der Waals surface area contributed by atoms with E-state index in [4.69, 9.17) is 28.2 Å². The van der Waals surface area contributed by atoms with Crippen molar-refractivity contribution in [3.63, 3.8) is 0 Å². The summed E-state index contributed by atoms with van der Waals surface area (Å²) in [6.45, 7) is 12.3. The highest BCUT2D eigenvalue weighted by molar-refractivity contribution is 7.98. The average molecular weight is 642 g/mol. The fraction of sp³-hybridized carbons (Fsp3) is 0.323. The van der Waals surface area contributed by atoms with Gasteiger partial charge in [0, 0.05) is 36.3 Å². The van der Waals surface area contributed by atoms with Crippen molar-refractivity contribution in [1.82, 2.24) is 24.4 Å². The number of piperazine rings is 1. The molecular formula is C31H31Cl2FN6O2S. The molecule has 2 atom stereocenters. The predicted octanol–water partition coefficient (Wildman–Crippen LogP) is 6.75. The lowest BCUT2D eigenvalue weighted by Gasteiger charge is -2.44. The van der Waals surface area contributed by atoms with Crippen molar-refractivity contribution in [3.05, 3.63) is 81.2 Å². The highest BCUT2D eigenvalue weighted by Crippen LogP contribution is 2.39. The van der Waals surface area contributed by atoms with Crippen LogP contribution in [0, 0.1) is 5.82 Å². The van der Waals surface area contributed by atoms with Gasteiger partial charge >= 0.3 is 5.69 Å². The molecule has 224 valence electrons. The Morgan fingerprint density at radius 1 is 1.14 bits per heavy atom. The van der Waals surface area contributed by atoms with Crippen LogP contribution >= 0.6 is 35.0 Å². The van der Waals surface area contributed by atoms with Crippen LogP contribution in [0.2, 0.25) is 10.0 Å². The molecule has 1 saturated heterocycles. The zero-order chi connectivity index (χ0) is 31.2. The molecule has 43 heavy (non-hydrogen) atoms. The number of carbonyl (C=O) groups is 1. The van der Waals surface area contributed by atoms with Crippen molar-refractivity contribution < 1.29 is 9.18 Å². The number of amides is 1. The minimum Gasteiger partial charge on any atom is -0.349 e. The Balaban J connectivity index is 1.86. The number of pyridine rings is 2. The Bertz CT molecular complexity index is 1790. The van der Waals surface area contributed by atoms with Gasteiger partial charge < -0.3 is 9.80 Å². The number of thioether (sulfide) groups is 1. The van der Waals surface area contributed by atoms with E-state index >= 15 is 4.39 Å². The summed E-state index contributed by atoms with van der Waals surface area (Å²) >= 11 is 14.7. The standard InChI is InChI=1S/C31H31Cl2FN6O2S/c1-7-24(41)38-14-18(5)39(15-17(38)4)29-19-13-21(33)27(25-20(32)9-8-10-22(25)34)36-30(19)40(31(42)37-29)28-23(43-6)11-12-35-26(28)16(2)3/h7-13,16-18H,1,14-15H2,2-6H3/t17-,18+/m1/s1. The lowest BCUT2D eigenvalue weighted by Crippen LogP contribution is -2.58. The predicted molar refractivity (Wildman–Crippen MR) is 172 cm³/mol. The van der Waals surface area contributed by atoms with Crippen molar-refractivity contribution in [2.45, 2.75) is 50.6 Å². The number of anilines is 1. The molecule has 0 bridgehead atoms. The number of fused-ring (bicyclic) bond motifs is 1. The maximum Gasteiger partial charge on any atom is 0.355 e. The number of rotatable bonds is 6. The molecule has 0 spiro atoms. The van der Waals surface area contributed by atoms with Gasteiger partial charge in [-0.3, -0.25) is 9.78 Å². The molecule has 8 nitrogen and oxygen atoms in total. The van der Waals surface area contributed by atoms with Gasteiger partial charge in [-0.15, -0.1) is 11.8 Å². The van der Waals surface area contributed by atoms with E-state index in [1.165, 1.54) is 34.5 Å². The van der Waals surface area contributed by atoms with E-state index in [2.05, 4.69) is 16.5 Å². The number of benzene rings is 1. The summed E-state index contributed by atoms with van der Waals surface area (Å²) in [5.41, 5.74) is 1.05. The largest absolute Gasteiger partial charge is 0.355 e. The maximum absolute atomic E-state index is 15.2. The monoisotopic (exact) mass is 640 g/mol. The Kier molecular flexibility index (Phi) is 8.83. The Morgan fingerprint density at radius 3 is 2.53 bits per heavy atom. The summed E-state index contributed by atoms with van der Waals surface area (Å²) in [7, 11) is 0. The molecule has 12 heteroatoms. The Hall–Kier alpha value is -3.47. The topological polar surface area (TPSA) is 84.2 Å². The van der Waals surface area contributed by atoms with E-state index in [0.29, 0.717) is 35.7 Å². The summed E-state index contributed by atoms with van der Waals surface area (Å²) in [5.74, 6) is -0.412. The van der Waals surface area contributed by atoms with Crippen molar-refractivity contribution in [2.75, 3.05) is 24.2 Å². The molecule has 0 radical (unpaired) electrons. The summed E-state index contributed by atoms with van der Waals surface area (Å²) in [4.78, 5) is 45.3. The summed E-state index contributed by atoms with van der Waals surface area (Å²) in [6.07, 6.45) is 4.93. The number of hydrogen-bond donors (Lipinski definition) is 0. The zero-order valence-electron chi connectivity index (χ0n) is 24.4. The second-order valence-corrected chi connectivity index (χ2v) is 12.4. The van der Waals surface area contributed by atoms with Crippen LogP contribution < -0.4 is 10.6 Å². The molecule has 5 rings (SSSR count). The molecule has 0 aliphatic carbocycles. The molecule has 1 fully saturated rings. The van der Waals surface area contributed by atoms with Crippen LogP contribution in [0.5, 0.6) is 0 Å². The molecule has 4 heterocycles. The van der Waals surface area contributed by atoms with Gasteiger partial charge in [-0.25, -0.2) is 18.7 Å². The van der Waals surface area contributed by atoms with E-state index in [-0.39, 0.29) is 50.9 Å². The van der Waals surface area contributed by atoms with E-state index in [0.717, 1.165) is 4.90 Å². The summed E-state index contributed by atoms with van der Waals surface area (Å²) < 4.78 is 16.6. The van der Waals surface area contributed by atoms with Crippen LogP contribution in [0.4, 0.5) is 10.2 Å². The lowest BCUT2D eigenvalue weighted by atomic mass is 10.1. The minimum atomic E-state index is -0.594. The van der Waals surface area contributed by atoms with Gasteiger partial charge in [0.15, 0.2) is 5.65 Å². The van der Waals surface area contributed by atoms with E-state index < -0.39 is 11.5 Å². The Morgan fingerprint density at radius 2 is 1.88 bits per heavy atom. The number of carbonyl (C=O) groups excluding carboxylic acids is 1. The van der Waals surface area contributed by atoms with Crippen molar-refractivity contribution in [3.8, 4) is 16.9 Å². The Labute approximate surface area is 263 Å². The van der Waals surface area contributed by atoms with Crippen LogP contribution in [-0.4, -0.2) is 61.8 Å². The molecular weight excluding hydrogens is 610 g/mol. The number of hydrogen-bond acceptors (Lipinski definition) is 7. The molecule has 1 aliphatic heterocycles. The van der Waals surface area contributed by atoms with Crippen LogP contribution in [0.15, 0.2) is 58.9 Å². The smallest absolute Gasteiger partial charge is 0.349 e. The first-order chi connectivity index (χ1) is 20.5. The molecule has 1 aromatic carbocycles. The zero-order valence-corrected chi connectivity index (χ0v) is 26.8. The third-order valence-electron chi connectivity index (χ3n) is 7.62. The molecule has 1 aliphatic rings. The normalized spacial score (nSPS) is 17.1. The van der Waals surface area contributed by atoms with Gasteiger partial charge in [0.05, 0.1) is 38.1 Å². The second kappa shape index (κ2) is 12.3. The first kappa shape index (κ1) is 31.0. The highest BCUT2D eigenvalue weighted by atomic mass is 35.5. The van der Waals surface area contributed by atoms with Crippen molar-refractivity contribution in [2.24, 2.45) is 0 Å². The SMILES string of the molecule is C=CC(=O)N1C[C@H](C)N(c2nc(=O)n(-c3c(SC)ccnc3C(C)C)c3nc(-c4c(F)cccc4Cl)c(Cl)cc23)C[C@H]1C. The van der Waals surface area contributed by atoms with Crippen molar-refractivity contribution in [1.29, 1.82) is 0 Å². The molecule has 0 unspecified atom stereocenters. The van der Waals surface area contributed by atoms with Gasteiger partial charge in [-0.05, 0) is 56.4 Å². The van der Waals surface area contributed by atoms with Gasteiger partial charge in [0.2, 0.25) is 5.91 Å². The van der Waals surface area contributed by atoms with Gasteiger partial charge in [-0.1, -0.05) is 49.7 Å². The van der Waals surface area contributed by atoms with Crippen molar-refractivity contribution >= 4 is 57.7 Å². The van der Waals surface area contributed by atoms with Gasteiger partial charge in [0.25, 0.3) is 0 Å². The van der Waals surface area contributed by atoms with E-state index in [1.807, 2.05) is 44.9 Å². The number of halogens is 3. The van der Waals surface area contributed by atoms with Crippen LogP contribution in [0.1, 0.15) is 39.3 Å². The van der Waals surface area contributed by atoms with Crippen LogP contribution in [-0.2, 0) is 4.79 Å². The number of aromatic nitrogens is 4. The fourth-order valence-corrected chi connectivity index (χ4v) is 6.62. The second-order valence-electron chi connectivity index (χ2n) is 10.8. The minimum absolute atomic E-state index is 0.0344. The molecule has 0 N–H and O–H groups in total. The van der Waals surface area contributed by atoms with Crippen LogP contribution in [0.3, 0.4) is 0 Å². The highest BCUT2D eigenvalue weighted by Gasteiger charge is 2.34. The van der Waals surface area contributed by atoms with Gasteiger partial charge in [-0.2, -0.15) is 4.98 Å². The molecule has 1 amide bonds. The average Bonchev–Trinajstić information content (AvgIpc) is 2.97. The van der Waals surface area contributed by atoms with Crippen LogP contribution in [0.25, 0.3) is 28.0 Å². The maximum atomic E-state index is 15.2. The molecule has 3 aromatic heterocycles. The van der Waals surface area contributed by atoms with E-state index in [9.17, 15) is 9.59 Å². The third kappa shape index (κ3) is 5.52. The van der Waals surface area contributed by atoms with Gasteiger partial charge in [0.1, 0.15) is 11.6 Å². The molecule has 4 aromatic rings. The lowest BCUT2D eigenvalue weighted by molar-refractivity contribution is -0.128. The quantitative estimate of drug-likeness (QED) is 0.170. The number of nitrogens with zero attached hydrogens (tertiary/aromatic N) is 6. The van der Waals surface area contributed by atoms with E-state index in [1.54, 1.807) is 23.2 Å². The summed E-state index contributed by atoms with van der Waals surface area (Å²) in [5, 5.41) is 0.777. The third-order valence-corrected chi connectivity index (χ3v) is 8.99. The first-order valence-electron chi connectivity index (χ1n) is 13.8.